The van der Waals surface area contributed by atoms with Crippen LogP contribution < -0.4 is 5.73 Å². The minimum Gasteiger partial charge on any atom is -0.325 e. The fraction of sp³-hybridized carbons (Fsp3) is 0.300. The number of nitrogens with two attached hydrogens (primary N) is 1. The molecule has 2 aromatic rings. The van der Waals surface area contributed by atoms with Crippen molar-refractivity contribution in [3.8, 4) is 0 Å². The van der Waals surface area contributed by atoms with Crippen molar-refractivity contribution in [2.75, 3.05) is 0 Å². The topological polar surface area (TPSA) is 43.8 Å². The molecule has 1 heterocycles. The van der Waals surface area contributed by atoms with E-state index in [0.29, 0.717) is 6.54 Å². The highest BCUT2D eigenvalue weighted by Crippen LogP contribution is 2.22. The Kier molecular flexibility index (Phi) is 2.56. The Bertz CT molecular complexity index is 462. The number of benzene rings is 1. The van der Waals surface area contributed by atoms with Gasteiger partial charge in [-0.25, -0.2) is 0 Å². The van der Waals surface area contributed by atoms with Gasteiger partial charge in [-0.2, -0.15) is 5.10 Å². The number of hydrogen-bond acceptors (Lipinski definition) is 2. The lowest BCUT2D eigenvalue weighted by molar-refractivity contribution is 0.630. The van der Waals surface area contributed by atoms with Crippen molar-refractivity contribution in [3.05, 3.63) is 28.4 Å². The molecule has 1 aromatic heterocycles. The molecule has 0 radical (unpaired) electrons. The fourth-order valence-corrected chi connectivity index (χ4v) is 1.99. The molecule has 0 aliphatic heterocycles. The number of aryl methyl sites for hydroxylation is 1. The number of rotatable bonds is 2. The highest BCUT2D eigenvalue weighted by molar-refractivity contribution is 9.10. The average molecular weight is 254 g/mol. The zero-order chi connectivity index (χ0) is 10.1. The van der Waals surface area contributed by atoms with Crippen LogP contribution in [-0.2, 0) is 13.1 Å². The lowest BCUT2D eigenvalue weighted by Crippen LogP contribution is -2.07. The van der Waals surface area contributed by atoms with Crippen LogP contribution in [-0.4, -0.2) is 9.78 Å². The van der Waals surface area contributed by atoms with E-state index in [0.717, 1.165) is 27.6 Å². The maximum absolute atomic E-state index is 5.71. The number of aromatic nitrogens is 2. The molecular formula is C10H12BrN3. The van der Waals surface area contributed by atoms with Crippen LogP contribution in [0.4, 0.5) is 0 Å². The van der Waals surface area contributed by atoms with E-state index in [1.54, 1.807) is 0 Å². The molecule has 1 aromatic carbocycles. The zero-order valence-corrected chi connectivity index (χ0v) is 9.58. The molecule has 0 spiro atoms. The van der Waals surface area contributed by atoms with Crippen molar-refractivity contribution in [1.29, 1.82) is 0 Å². The van der Waals surface area contributed by atoms with Crippen molar-refractivity contribution < 1.29 is 0 Å². The van der Waals surface area contributed by atoms with Crippen molar-refractivity contribution in [3.63, 3.8) is 0 Å². The number of fused-ring (bicyclic) bond motifs is 1. The van der Waals surface area contributed by atoms with Crippen LogP contribution in [0.5, 0.6) is 0 Å². The van der Waals surface area contributed by atoms with Gasteiger partial charge >= 0.3 is 0 Å². The van der Waals surface area contributed by atoms with Crippen LogP contribution in [0.25, 0.3) is 10.9 Å². The summed E-state index contributed by atoms with van der Waals surface area (Å²) in [7, 11) is 0. The Hall–Kier alpha value is -0.870. The molecule has 14 heavy (non-hydrogen) atoms. The monoisotopic (exact) mass is 253 g/mol. The highest BCUT2D eigenvalue weighted by Gasteiger charge is 2.08. The van der Waals surface area contributed by atoms with Crippen LogP contribution in [0.15, 0.2) is 22.7 Å². The van der Waals surface area contributed by atoms with Crippen LogP contribution >= 0.6 is 15.9 Å². The van der Waals surface area contributed by atoms with Gasteiger partial charge in [-0.1, -0.05) is 15.9 Å². The van der Waals surface area contributed by atoms with Crippen molar-refractivity contribution >= 4 is 26.8 Å². The third-order valence-corrected chi connectivity index (χ3v) is 2.80. The van der Waals surface area contributed by atoms with E-state index >= 15 is 0 Å². The molecule has 0 saturated carbocycles. The first kappa shape index (κ1) is 9.68. The SMILES string of the molecule is CCn1nc2ccc(Br)cc2c1CN. The van der Waals surface area contributed by atoms with Gasteiger partial charge in [-0.3, -0.25) is 4.68 Å². The van der Waals surface area contributed by atoms with E-state index in [1.165, 1.54) is 0 Å². The fourth-order valence-electron chi connectivity index (χ4n) is 1.63. The first-order chi connectivity index (χ1) is 6.76. The molecular weight excluding hydrogens is 242 g/mol. The second-order valence-corrected chi connectivity index (χ2v) is 4.04. The summed E-state index contributed by atoms with van der Waals surface area (Å²) in [6.45, 7) is 3.46. The van der Waals surface area contributed by atoms with E-state index in [9.17, 15) is 0 Å². The van der Waals surface area contributed by atoms with Crippen molar-refractivity contribution in [1.82, 2.24) is 9.78 Å². The van der Waals surface area contributed by atoms with Crippen molar-refractivity contribution in [2.45, 2.75) is 20.0 Å². The Balaban J connectivity index is 2.74. The van der Waals surface area contributed by atoms with Gasteiger partial charge in [0.15, 0.2) is 0 Å². The van der Waals surface area contributed by atoms with E-state index in [1.807, 2.05) is 16.8 Å². The molecule has 0 unspecified atom stereocenters. The summed E-state index contributed by atoms with van der Waals surface area (Å²) in [5.74, 6) is 0. The molecule has 2 N–H and O–H groups in total. The normalized spacial score (nSPS) is 11.1. The summed E-state index contributed by atoms with van der Waals surface area (Å²) >= 11 is 3.45. The minimum absolute atomic E-state index is 0.529. The smallest absolute Gasteiger partial charge is 0.0927 e. The molecule has 2 rings (SSSR count). The molecule has 0 aliphatic rings. The van der Waals surface area contributed by atoms with E-state index in [4.69, 9.17) is 5.73 Å². The van der Waals surface area contributed by atoms with Gasteiger partial charge in [0.2, 0.25) is 0 Å². The summed E-state index contributed by atoms with van der Waals surface area (Å²) in [4.78, 5) is 0. The predicted octanol–water partition coefficient (Wildman–Crippen LogP) is 2.28. The Morgan fingerprint density at radius 3 is 2.93 bits per heavy atom. The van der Waals surface area contributed by atoms with E-state index in [2.05, 4.69) is 34.0 Å². The average Bonchev–Trinajstić information content (AvgIpc) is 2.54. The lowest BCUT2D eigenvalue weighted by Gasteiger charge is -2.00. The van der Waals surface area contributed by atoms with Gasteiger partial charge in [0.25, 0.3) is 0 Å². The summed E-state index contributed by atoms with van der Waals surface area (Å²) in [6, 6.07) is 6.07. The third-order valence-electron chi connectivity index (χ3n) is 2.30. The lowest BCUT2D eigenvalue weighted by atomic mass is 10.2. The molecule has 4 heteroatoms. The van der Waals surface area contributed by atoms with Gasteiger partial charge in [0, 0.05) is 22.9 Å². The van der Waals surface area contributed by atoms with Crippen molar-refractivity contribution in [2.24, 2.45) is 5.73 Å². The second-order valence-electron chi connectivity index (χ2n) is 3.13. The van der Waals surface area contributed by atoms with Gasteiger partial charge in [0.1, 0.15) is 0 Å². The molecule has 0 aliphatic carbocycles. The van der Waals surface area contributed by atoms with E-state index in [-0.39, 0.29) is 0 Å². The Morgan fingerprint density at radius 1 is 1.50 bits per heavy atom. The quantitative estimate of drug-likeness (QED) is 0.893. The predicted molar refractivity (Wildman–Crippen MR) is 61.0 cm³/mol. The van der Waals surface area contributed by atoms with Crippen LogP contribution in [0.3, 0.4) is 0 Å². The number of halogens is 1. The standard InChI is InChI=1S/C10H12BrN3/c1-2-14-10(6-12)8-5-7(11)3-4-9(8)13-14/h3-5H,2,6,12H2,1H3. The molecule has 0 bridgehead atoms. The van der Waals surface area contributed by atoms with Crippen LogP contribution in [0, 0.1) is 0 Å². The second kappa shape index (κ2) is 3.71. The molecule has 0 saturated heterocycles. The third kappa shape index (κ3) is 1.44. The largest absolute Gasteiger partial charge is 0.325 e. The van der Waals surface area contributed by atoms with Crippen LogP contribution in [0.1, 0.15) is 12.6 Å². The molecule has 0 amide bonds. The summed E-state index contributed by atoms with van der Waals surface area (Å²) in [6.07, 6.45) is 0. The maximum Gasteiger partial charge on any atom is 0.0927 e. The van der Waals surface area contributed by atoms with Crippen LogP contribution in [0.2, 0.25) is 0 Å². The molecule has 3 nitrogen and oxygen atoms in total. The summed E-state index contributed by atoms with van der Waals surface area (Å²) in [5, 5.41) is 5.60. The highest BCUT2D eigenvalue weighted by atomic mass is 79.9. The van der Waals surface area contributed by atoms with E-state index < -0.39 is 0 Å². The maximum atomic E-state index is 5.71. The first-order valence-electron chi connectivity index (χ1n) is 4.61. The summed E-state index contributed by atoms with van der Waals surface area (Å²) in [5.41, 5.74) is 7.82. The van der Waals surface area contributed by atoms with Gasteiger partial charge < -0.3 is 5.73 Å². The number of nitrogens with zero attached hydrogens (tertiary/aromatic N) is 2. The first-order valence-corrected chi connectivity index (χ1v) is 5.40. The zero-order valence-electron chi connectivity index (χ0n) is 8.00. The summed E-state index contributed by atoms with van der Waals surface area (Å²) < 4.78 is 3.02. The minimum atomic E-state index is 0.529. The molecule has 0 atom stereocenters. The van der Waals surface area contributed by atoms with Gasteiger partial charge in [-0.15, -0.1) is 0 Å². The van der Waals surface area contributed by atoms with Gasteiger partial charge in [-0.05, 0) is 25.1 Å². The Labute approximate surface area is 91.0 Å². The number of hydrogen-bond donors (Lipinski definition) is 1. The van der Waals surface area contributed by atoms with Gasteiger partial charge in [0.05, 0.1) is 11.2 Å². The molecule has 74 valence electrons. The molecule has 0 fully saturated rings. The Morgan fingerprint density at radius 2 is 2.29 bits per heavy atom.